The lowest BCUT2D eigenvalue weighted by Gasteiger charge is -2.10. The molecule has 1 amide bonds. The zero-order valence-electron chi connectivity index (χ0n) is 17.2. The monoisotopic (exact) mass is 455 g/mol. The number of anilines is 1. The predicted octanol–water partition coefficient (Wildman–Crippen LogP) is 5.55. The van der Waals surface area contributed by atoms with Crippen LogP contribution in [0.2, 0.25) is 0 Å². The third kappa shape index (κ3) is 4.11. The van der Waals surface area contributed by atoms with Gasteiger partial charge in [0.15, 0.2) is 10.9 Å². The highest BCUT2D eigenvalue weighted by molar-refractivity contribution is 7.80. The van der Waals surface area contributed by atoms with E-state index in [0.717, 1.165) is 12.1 Å². The molecule has 0 radical (unpaired) electrons. The summed E-state index contributed by atoms with van der Waals surface area (Å²) in [7, 11) is 0. The van der Waals surface area contributed by atoms with Crippen LogP contribution in [0.25, 0.3) is 22.5 Å². The van der Waals surface area contributed by atoms with E-state index in [1.165, 1.54) is 40.5 Å². The Morgan fingerprint density at radius 1 is 0.939 bits per heavy atom. The number of non-ortho nitro benzene ring substituents is 1. The number of nitrogens with one attached hydrogen (secondary N) is 2. The third-order valence-electron chi connectivity index (χ3n) is 5.45. The average molecular weight is 455 g/mol. The first kappa shape index (κ1) is 20.6. The Morgan fingerprint density at radius 3 is 2.61 bits per heavy atom. The van der Waals surface area contributed by atoms with Crippen molar-refractivity contribution in [2.24, 2.45) is 0 Å². The van der Waals surface area contributed by atoms with E-state index in [-0.39, 0.29) is 16.6 Å². The van der Waals surface area contributed by atoms with Crippen LogP contribution >= 0.6 is 12.2 Å². The highest BCUT2D eigenvalue weighted by Crippen LogP contribution is 2.37. The molecule has 1 heterocycles. The molecule has 0 saturated carbocycles. The number of nitro groups is 1. The smallest absolute Gasteiger partial charge is 0.293 e. The van der Waals surface area contributed by atoms with Gasteiger partial charge < -0.3 is 9.73 Å². The van der Waals surface area contributed by atoms with Crippen LogP contribution in [0.15, 0.2) is 83.3 Å². The van der Waals surface area contributed by atoms with E-state index in [4.69, 9.17) is 16.6 Å². The van der Waals surface area contributed by atoms with Gasteiger partial charge in [0.05, 0.1) is 4.92 Å². The molecule has 33 heavy (non-hydrogen) atoms. The highest BCUT2D eigenvalue weighted by atomic mass is 32.1. The second-order valence-corrected chi connectivity index (χ2v) is 7.99. The van der Waals surface area contributed by atoms with Crippen molar-refractivity contribution < 1.29 is 14.1 Å². The quantitative estimate of drug-likeness (QED) is 0.209. The van der Waals surface area contributed by atoms with Crippen LogP contribution < -0.4 is 10.6 Å². The number of thiocarbonyl (C=S) groups is 1. The first-order valence-electron chi connectivity index (χ1n) is 10.2. The van der Waals surface area contributed by atoms with E-state index >= 15 is 0 Å². The number of hydrogen-bond donors (Lipinski definition) is 2. The van der Waals surface area contributed by atoms with Gasteiger partial charge in [0.25, 0.3) is 11.6 Å². The third-order valence-corrected chi connectivity index (χ3v) is 5.65. The van der Waals surface area contributed by atoms with Crippen LogP contribution in [0.1, 0.15) is 21.7 Å². The molecule has 4 aromatic rings. The van der Waals surface area contributed by atoms with Crippen molar-refractivity contribution >= 4 is 34.6 Å². The zero-order chi connectivity index (χ0) is 22.9. The Morgan fingerprint density at radius 2 is 1.76 bits per heavy atom. The largest absolute Gasteiger partial charge is 0.451 e. The molecule has 0 aliphatic heterocycles. The summed E-state index contributed by atoms with van der Waals surface area (Å²) < 4.78 is 5.59. The van der Waals surface area contributed by atoms with Gasteiger partial charge in [-0.05, 0) is 65.2 Å². The molecule has 1 aliphatic rings. The predicted molar refractivity (Wildman–Crippen MR) is 129 cm³/mol. The SMILES string of the molecule is O=C(NC(=S)Nc1ccc2c(c1)Cc1ccccc1-2)c1ccc(-c2cccc([N+](=O)[O-])c2)o1. The molecule has 5 rings (SSSR count). The van der Waals surface area contributed by atoms with Gasteiger partial charge in [-0.1, -0.05) is 42.5 Å². The van der Waals surface area contributed by atoms with Crippen LogP contribution in [0.5, 0.6) is 0 Å². The van der Waals surface area contributed by atoms with Gasteiger partial charge in [0.2, 0.25) is 0 Å². The van der Waals surface area contributed by atoms with Crippen molar-refractivity contribution in [3.63, 3.8) is 0 Å². The molecule has 8 heteroatoms. The fraction of sp³-hybridized carbons (Fsp3) is 0.0400. The lowest BCUT2D eigenvalue weighted by atomic mass is 10.1. The molecule has 2 N–H and O–H groups in total. The summed E-state index contributed by atoms with van der Waals surface area (Å²) in [6, 6.07) is 23.4. The summed E-state index contributed by atoms with van der Waals surface area (Å²) in [6.07, 6.45) is 0.854. The van der Waals surface area contributed by atoms with Crippen molar-refractivity contribution in [2.75, 3.05) is 5.32 Å². The van der Waals surface area contributed by atoms with Crippen LogP contribution in [0, 0.1) is 10.1 Å². The summed E-state index contributed by atoms with van der Waals surface area (Å²) in [5.41, 5.74) is 6.16. The van der Waals surface area contributed by atoms with Crippen molar-refractivity contribution in [3.8, 4) is 22.5 Å². The van der Waals surface area contributed by atoms with Crippen LogP contribution in [-0.2, 0) is 6.42 Å². The fourth-order valence-corrected chi connectivity index (χ4v) is 4.15. The number of furan rings is 1. The number of nitro benzene ring substituents is 1. The number of hydrogen-bond acceptors (Lipinski definition) is 5. The Hall–Kier alpha value is -4.30. The first-order valence-corrected chi connectivity index (χ1v) is 10.6. The minimum absolute atomic E-state index is 0.0464. The topological polar surface area (TPSA) is 97.4 Å². The molecule has 1 aromatic heterocycles. The summed E-state index contributed by atoms with van der Waals surface area (Å²) >= 11 is 5.30. The van der Waals surface area contributed by atoms with Gasteiger partial charge in [-0.2, -0.15) is 0 Å². The maximum Gasteiger partial charge on any atom is 0.293 e. The maximum absolute atomic E-state index is 12.6. The normalized spacial score (nSPS) is 11.4. The number of fused-ring (bicyclic) bond motifs is 3. The number of benzene rings is 3. The maximum atomic E-state index is 12.6. The van der Waals surface area contributed by atoms with Gasteiger partial charge in [-0.3, -0.25) is 20.2 Å². The van der Waals surface area contributed by atoms with Crippen molar-refractivity contribution in [1.29, 1.82) is 0 Å². The molecule has 0 bridgehead atoms. The molecule has 0 spiro atoms. The zero-order valence-corrected chi connectivity index (χ0v) is 18.0. The van der Waals surface area contributed by atoms with E-state index in [2.05, 4.69) is 22.8 Å². The Balaban J connectivity index is 1.25. The molecule has 0 fully saturated rings. The summed E-state index contributed by atoms with van der Waals surface area (Å²) in [6.45, 7) is 0. The molecule has 1 aliphatic carbocycles. The average Bonchev–Trinajstić information content (AvgIpc) is 3.44. The molecule has 0 unspecified atom stereocenters. The first-order chi connectivity index (χ1) is 16.0. The lowest BCUT2D eigenvalue weighted by molar-refractivity contribution is -0.384. The van der Waals surface area contributed by atoms with E-state index < -0.39 is 10.8 Å². The van der Waals surface area contributed by atoms with Crippen molar-refractivity contribution in [1.82, 2.24) is 5.32 Å². The summed E-state index contributed by atoms with van der Waals surface area (Å²) in [4.78, 5) is 23.1. The second kappa shape index (κ2) is 8.33. The van der Waals surface area contributed by atoms with Gasteiger partial charge in [0.1, 0.15) is 5.76 Å². The molecule has 3 aromatic carbocycles. The molecule has 0 atom stereocenters. The summed E-state index contributed by atoms with van der Waals surface area (Å²) in [5.74, 6) is -0.122. The molecular formula is C25H17N3O4S. The summed E-state index contributed by atoms with van der Waals surface area (Å²) in [5, 5.41) is 16.8. The number of nitrogens with zero attached hydrogens (tertiary/aromatic N) is 1. The highest BCUT2D eigenvalue weighted by Gasteiger charge is 2.19. The van der Waals surface area contributed by atoms with Crippen molar-refractivity contribution in [2.45, 2.75) is 6.42 Å². The number of amides is 1. The second-order valence-electron chi connectivity index (χ2n) is 7.59. The Kier molecular flexibility index (Phi) is 5.20. The lowest BCUT2D eigenvalue weighted by Crippen LogP contribution is -2.33. The molecule has 162 valence electrons. The molecule has 7 nitrogen and oxygen atoms in total. The fourth-order valence-electron chi connectivity index (χ4n) is 3.94. The van der Waals surface area contributed by atoms with E-state index in [9.17, 15) is 14.9 Å². The van der Waals surface area contributed by atoms with Gasteiger partial charge >= 0.3 is 0 Å². The number of carbonyl (C=O) groups excluding carboxylic acids is 1. The minimum atomic E-state index is -0.516. The standard InChI is InChI=1S/C25H17N3O4S/c29-24(23-11-10-22(32-23)16-5-3-6-19(14-16)28(30)31)27-25(33)26-18-8-9-21-17(13-18)12-15-4-1-2-7-20(15)21/h1-11,13-14H,12H2,(H2,26,27,29,33). The van der Waals surface area contributed by atoms with Crippen LogP contribution in [-0.4, -0.2) is 15.9 Å². The number of rotatable bonds is 4. The van der Waals surface area contributed by atoms with E-state index in [1.807, 2.05) is 30.3 Å². The van der Waals surface area contributed by atoms with Gasteiger partial charge in [-0.15, -0.1) is 0 Å². The van der Waals surface area contributed by atoms with Crippen LogP contribution in [0.3, 0.4) is 0 Å². The number of carbonyl (C=O) groups is 1. The van der Waals surface area contributed by atoms with Gasteiger partial charge in [-0.25, -0.2) is 0 Å². The van der Waals surface area contributed by atoms with Crippen molar-refractivity contribution in [3.05, 3.63) is 106 Å². The van der Waals surface area contributed by atoms with E-state index in [1.54, 1.807) is 18.2 Å². The Bertz CT molecular complexity index is 1430. The minimum Gasteiger partial charge on any atom is -0.451 e. The molecule has 0 saturated heterocycles. The van der Waals surface area contributed by atoms with E-state index in [0.29, 0.717) is 11.3 Å². The Labute approximate surface area is 194 Å². The molecular weight excluding hydrogens is 438 g/mol. The van der Waals surface area contributed by atoms with Gasteiger partial charge in [0, 0.05) is 23.4 Å². The van der Waals surface area contributed by atoms with Crippen LogP contribution in [0.4, 0.5) is 11.4 Å².